The van der Waals surface area contributed by atoms with Gasteiger partial charge in [0.25, 0.3) is 5.91 Å². The van der Waals surface area contributed by atoms with Crippen LogP contribution in [0.15, 0.2) is 36.5 Å². The Morgan fingerprint density at radius 2 is 2.26 bits per heavy atom. The van der Waals surface area contributed by atoms with Crippen LogP contribution < -0.4 is 10.1 Å². The zero-order valence-electron chi connectivity index (χ0n) is 10.3. The third-order valence-corrected chi connectivity index (χ3v) is 2.50. The number of nitrogens with one attached hydrogen (secondary N) is 1. The fourth-order valence-electron chi connectivity index (χ4n) is 1.53. The van der Waals surface area contributed by atoms with Crippen LogP contribution in [-0.2, 0) is 6.54 Å². The lowest BCUT2D eigenvalue weighted by Gasteiger charge is -2.07. The van der Waals surface area contributed by atoms with E-state index < -0.39 is 0 Å². The number of benzene rings is 1. The van der Waals surface area contributed by atoms with Crippen molar-refractivity contribution in [2.75, 3.05) is 7.11 Å². The van der Waals surface area contributed by atoms with Crippen LogP contribution in [0, 0.1) is 0 Å². The molecule has 0 atom stereocenters. The first-order valence-electron chi connectivity index (χ1n) is 5.62. The van der Waals surface area contributed by atoms with Crippen LogP contribution in [0.2, 0.25) is 0 Å². The minimum absolute atomic E-state index is 0.0744. The Kier molecular flexibility index (Phi) is 3.92. The Morgan fingerprint density at radius 1 is 1.42 bits per heavy atom. The molecule has 0 aliphatic carbocycles. The third kappa shape index (κ3) is 3.19. The minimum atomic E-state index is -0.302. The number of rotatable bonds is 4. The fraction of sp³-hybridized carbons (Fsp3) is 0.154. The van der Waals surface area contributed by atoms with Gasteiger partial charge < -0.3 is 15.2 Å². The highest BCUT2D eigenvalue weighted by molar-refractivity contribution is 5.94. The summed E-state index contributed by atoms with van der Waals surface area (Å²) in [6, 6.07) is 7.97. The maximum absolute atomic E-state index is 11.9. The number of aromatic nitrogens is 2. The number of hydrogen-bond donors (Lipinski definition) is 2. The van der Waals surface area contributed by atoms with Gasteiger partial charge in [-0.2, -0.15) is 10.2 Å². The number of amides is 1. The van der Waals surface area contributed by atoms with E-state index >= 15 is 0 Å². The van der Waals surface area contributed by atoms with E-state index in [2.05, 4.69) is 15.5 Å². The van der Waals surface area contributed by atoms with Crippen LogP contribution >= 0.6 is 0 Å². The second kappa shape index (κ2) is 5.81. The Labute approximate surface area is 110 Å². The maximum atomic E-state index is 11.9. The highest BCUT2D eigenvalue weighted by Crippen LogP contribution is 2.26. The topological polar surface area (TPSA) is 84.3 Å². The average molecular weight is 259 g/mol. The monoisotopic (exact) mass is 259 g/mol. The van der Waals surface area contributed by atoms with Crippen molar-refractivity contribution in [1.82, 2.24) is 15.5 Å². The van der Waals surface area contributed by atoms with E-state index in [1.54, 1.807) is 24.4 Å². The molecule has 0 aliphatic heterocycles. The Morgan fingerprint density at radius 3 is 2.89 bits per heavy atom. The first kappa shape index (κ1) is 12.8. The molecule has 0 aliphatic rings. The highest BCUT2D eigenvalue weighted by Gasteiger charge is 2.09. The standard InChI is InChI=1S/C13H13N3O3/c1-19-12-5-4-9(7-11(12)17)13(18)14-8-10-3-2-6-15-16-10/h2-7,17H,8H2,1H3,(H,14,18). The van der Waals surface area contributed by atoms with Crippen LogP contribution in [0.5, 0.6) is 11.5 Å². The van der Waals surface area contributed by atoms with Crippen molar-refractivity contribution in [3.8, 4) is 11.5 Å². The molecule has 0 unspecified atom stereocenters. The molecule has 6 nitrogen and oxygen atoms in total. The molecule has 1 amide bonds. The molecule has 1 aromatic carbocycles. The van der Waals surface area contributed by atoms with Crippen molar-refractivity contribution >= 4 is 5.91 Å². The Hall–Kier alpha value is -2.63. The summed E-state index contributed by atoms with van der Waals surface area (Å²) in [4.78, 5) is 11.9. The molecule has 0 bridgehead atoms. The minimum Gasteiger partial charge on any atom is -0.504 e. The van der Waals surface area contributed by atoms with Gasteiger partial charge in [-0.15, -0.1) is 0 Å². The van der Waals surface area contributed by atoms with Crippen LogP contribution in [0.3, 0.4) is 0 Å². The van der Waals surface area contributed by atoms with E-state index in [1.807, 2.05) is 0 Å². The first-order chi connectivity index (χ1) is 9.20. The van der Waals surface area contributed by atoms with Crippen molar-refractivity contribution in [3.05, 3.63) is 47.8 Å². The number of phenols is 1. The Bertz CT molecular complexity index is 573. The summed E-state index contributed by atoms with van der Waals surface area (Å²) < 4.78 is 4.91. The third-order valence-electron chi connectivity index (χ3n) is 2.50. The summed E-state index contributed by atoms with van der Waals surface area (Å²) in [5, 5.41) is 19.9. The van der Waals surface area contributed by atoms with E-state index in [4.69, 9.17) is 4.74 Å². The smallest absolute Gasteiger partial charge is 0.251 e. The summed E-state index contributed by atoms with van der Waals surface area (Å²) >= 11 is 0. The van der Waals surface area contributed by atoms with E-state index in [0.29, 0.717) is 17.0 Å². The van der Waals surface area contributed by atoms with Gasteiger partial charge in [0.05, 0.1) is 19.3 Å². The van der Waals surface area contributed by atoms with Crippen molar-refractivity contribution in [3.63, 3.8) is 0 Å². The SMILES string of the molecule is COc1ccc(C(=O)NCc2cccnn2)cc1O. The molecule has 1 aromatic heterocycles. The van der Waals surface area contributed by atoms with E-state index in [9.17, 15) is 9.90 Å². The highest BCUT2D eigenvalue weighted by atomic mass is 16.5. The predicted octanol–water partition coefficient (Wildman–Crippen LogP) is 1.12. The maximum Gasteiger partial charge on any atom is 0.251 e. The van der Waals surface area contributed by atoms with Crippen LogP contribution in [0.25, 0.3) is 0 Å². The number of carbonyl (C=O) groups excluding carboxylic acids is 1. The normalized spacial score (nSPS) is 9.95. The molecular weight excluding hydrogens is 246 g/mol. The summed E-state index contributed by atoms with van der Waals surface area (Å²) in [5.41, 5.74) is 1.01. The number of carbonyl (C=O) groups is 1. The van der Waals surface area contributed by atoms with Gasteiger partial charge in [-0.3, -0.25) is 4.79 Å². The molecule has 2 aromatic rings. The van der Waals surface area contributed by atoms with Crippen LogP contribution in [0.1, 0.15) is 16.1 Å². The molecule has 0 saturated heterocycles. The van der Waals surface area contributed by atoms with Gasteiger partial charge in [-0.05, 0) is 30.3 Å². The van der Waals surface area contributed by atoms with E-state index in [-0.39, 0.29) is 18.2 Å². The summed E-state index contributed by atoms with van der Waals surface area (Å²) in [6.45, 7) is 0.277. The number of ether oxygens (including phenoxy) is 1. The number of methoxy groups -OCH3 is 1. The van der Waals surface area contributed by atoms with Gasteiger partial charge >= 0.3 is 0 Å². The summed E-state index contributed by atoms with van der Waals surface area (Å²) in [7, 11) is 1.45. The number of aromatic hydroxyl groups is 1. The molecule has 19 heavy (non-hydrogen) atoms. The molecule has 0 radical (unpaired) electrons. The predicted molar refractivity (Wildman–Crippen MR) is 67.9 cm³/mol. The lowest BCUT2D eigenvalue weighted by atomic mass is 10.2. The first-order valence-corrected chi connectivity index (χ1v) is 5.62. The quantitative estimate of drug-likeness (QED) is 0.859. The summed E-state index contributed by atoms with van der Waals surface area (Å²) in [5.74, 6) is -0.0521. The average Bonchev–Trinajstić information content (AvgIpc) is 2.45. The van der Waals surface area contributed by atoms with Gasteiger partial charge in [0, 0.05) is 11.8 Å². The second-order valence-corrected chi connectivity index (χ2v) is 3.78. The van der Waals surface area contributed by atoms with Crippen molar-refractivity contribution < 1.29 is 14.6 Å². The van der Waals surface area contributed by atoms with E-state index in [1.165, 1.54) is 19.2 Å². The molecule has 98 valence electrons. The van der Waals surface area contributed by atoms with Gasteiger partial charge in [-0.25, -0.2) is 0 Å². The molecule has 1 heterocycles. The molecule has 2 N–H and O–H groups in total. The number of hydrogen-bond acceptors (Lipinski definition) is 5. The second-order valence-electron chi connectivity index (χ2n) is 3.78. The molecule has 0 fully saturated rings. The van der Waals surface area contributed by atoms with Crippen molar-refractivity contribution in [1.29, 1.82) is 0 Å². The molecular formula is C13H13N3O3. The van der Waals surface area contributed by atoms with Gasteiger partial charge in [0.1, 0.15) is 0 Å². The number of phenolic OH excluding ortho intramolecular Hbond substituents is 1. The van der Waals surface area contributed by atoms with Gasteiger partial charge in [0.2, 0.25) is 0 Å². The zero-order chi connectivity index (χ0) is 13.7. The molecule has 0 saturated carbocycles. The van der Waals surface area contributed by atoms with Gasteiger partial charge in [0.15, 0.2) is 11.5 Å². The molecule has 0 spiro atoms. The lowest BCUT2D eigenvalue weighted by Crippen LogP contribution is -2.23. The van der Waals surface area contributed by atoms with Crippen molar-refractivity contribution in [2.24, 2.45) is 0 Å². The van der Waals surface area contributed by atoms with Crippen molar-refractivity contribution in [2.45, 2.75) is 6.54 Å². The lowest BCUT2D eigenvalue weighted by molar-refractivity contribution is 0.0950. The molecule has 6 heteroatoms. The zero-order valence-corrected chi connectivity index (χ0v) is 10.3. The van der Waals surface area contributed by atoms with E-state index in [0.717, 1.165) is 0 Å². The Balaban J connectivity index is 2.02. The van der Waals surface area contributed by atoms with Gasteiger partial charge in [-0.1, -0.05) is 0 Å². The number of nitrogens with zero attached hydrogens (tertiary/aromatic N) is 2. The summed E-state index contributed by atoms with van der Waals surface area (Å²) in [6.07, 6.45) is 1.56. The van der Waals surface area contributed by atoms with Crippen LogP contribution in [0.4, 0.5) is 0 Å². The van der Waals surface area contributed by atoms with Crippen LogP contribution in [-0.4, -0.2) is 28.3 Å². The molecule has 2 rings (SSSR count). The fourth-order valence-corrected chi connectivity index (χ4v) is 1.53. The largest absolute Gasteiger partial charge is 0.504 e.